The predicted molar refractivity (Wildman–Crippen MR) is 90.4 cm³/mol. The van der Waals surface area contributed by atoms with E-state index in [-0.39, 0.29) is 18.2 Å². The molecule has 3 atom stereocenters. The molecule has 0 spiro atoms. The van der Waals surface area contributed by atoms with Gasteiger partial charge in [-0.05, 0) is 48.9 Å². The molecule has 2 aliphatic rings. The number of nitrogens with one attached hydrogen (secondary N) is 1. The van der Waals surface area contributed by atoms with Crippen LogP contribution in [0.4, 0.5) is 5.69 Å². The van der Waals surface area contributed by atoms with E-state index in [1.165, 1.54) is 0 Å². The maximum atomic E-state index is 6.19. The van der Waals surface area contributed by atoms with E-state index >= 15 is 0 Å². The number of anilines is 1. The van der Waals surface area contributed by atoms with E-state index in [0.717, 1.165) is 39.5 Å². The Bertz CT molecular complexity index is 692. The van der Waals surface area contributed by atoms with Gasteiger partial charge < -0.3 is 14.8 Å². The van der Waals surface area contributed by atoms with E-state index in [9.17, 15) is 0 Å². The number of rotatable bonds is 2. The first kappa shape index (κ1) is 14.4. The molecule has 1 N–H and O–H groups in total. The monoisotopic (exact) mass is 379 g/mol. The summed E-state index contributed by atoms with van der Waals surface area (Å²) in [6.45, 7) is 0.732. The van der Waals surface area contributed by atoms with Crippen LogP contribution < -0.4 is 10.1 Å². The topological polar surface area (TPSA) is 30.5 Å². The van der Waals surface area contributed by atoms with Crippen molar-refractivity contribution in [1.29, 1.82) is 0 Å². The third-order valence-electron chi connectivity index (χ3n) is 4.23. The summed E-state index contributed by atoms with van der Waals surface area (Å²) in [5.74, 6) is 1.14. The van der Waals surface area contributed by atoms with Crippen molar-refractivity contribution in [2.24, 2.45) is 5.92 Å². The molecule has 1 fully saturated rings. The van der Waals surface area contributed by atoms with Crippen molar-refractivity contribution in [3.8, 4) is 5.75 Å². The maximum Gasteiger partial charge on any atom is 0.205 e. The Balaban J connectivity index is 1.71. The summed E-state index contributed by atoms with van der Waals surface area (Å²) < 4.78 is 12.8. The highest BCUT2D eigenvalue weighted by Gasteiger charge is 2.42. The van der Waals surface area contributed by atoms with E-state index in [2.05, 4.69) is 33.4 Å². The number of halogens is 2. The summed E-state index contributed by atoms with van der Waals surface area (Å²) in [6, 6.07) is 14.1. The van der Waals surface area contributed by atoms with Gasteiger partial charge in [0.2, 0.25) is 6.29 Å². The third-order valence-corrected chi connectivity index (χ3v) is 4.99. The molecule has 114 valence electrons. The van der Waals surface area contributed by atoms with Crippen LogP contribution in [0.1, 0.15) is 18.0 Å². The largest absolute Gasteiger partial charge is 0.464 e. The van der Waals surface area contributed by atoms with E-state index in [4.69, 9.17) is 21.1 Å². The molecular formula is C17H15BrClNO2. The van der Waals surface area contributed by atoms with Crippen LogP contribution in [0, 0.1) is 5.92 Å². The second-order valence-electron chi connectivity index (χ2n) is 5.62. The molecule has 0 radical (unpaired) electrons. The van der Waals surface area contributed by atoms with E-state index in [0.29, 0.717) is 0 Å². The molecule has 1 saturated heterocycles. The molecule has 5 heteroatoms. The minimum absolute atomic E-state index is 0.135. The van der Waals surface area contributed by atoms with Crippen LogP contribution in [0.25, 0.3) is 0 Å². The summed E-state index contributed by atoms with van der Waals surface area (Å²) >= 11 is 9.65. The Labute approximate surface area is 142 Å². The molecule has 0 unspecified atom stereocenters. The van der Waals surface area contributed by atoms with Crippen molar-refractivity contribution in [1.82, 2.24) is 0 Å². The lowest BCUT2D eigenvalue weighted by Crippen LogP contribution is -2.36. The molecule has 4 rings (SSSR count). The van der Waals surface area contributed by atoms with Gasteiger partial charge in [0.05, 0.1) is 12.6 Å². The second kappa shape index (κ2) is 5.76. The Morgan fingerprint density at radius 3 is 2.77 bits per heavy atom. The highest BCUT2D eigenvalue weighted by molar-refractivity contribution is 9.10. The molecular weight excluding hydrogens is 366 g/mol. The van der Waals surface area contributed by atoms with Gasteiger partial charge >= 0.3 is 0 Å². The molecule has 0 amide bonds. The Morgan fingerprint density at radius 1 is 1.14 bits per heavy atom. The number of benzene rings is 2. The van der Waals surface area contributed by atoms with Gasteiger partial charge in [-0.1, -0.05) is 27.5 Å². The first-order valence-corrected chi connectivity index (χ1v) is 8.47. The van der Waals surface area contributed by atoms with Crippen LogP contribution in [-0.2, 0) is 4.74 Å². The minimum atomic E-state index is -0.179. The molecule has 3 nitrogen and oxygen atoms in total. The zero-order valence-electron chi connectivity index (χ0n) is 11.8. The second-order valence-corrected chi connectivity index (χ2v) is 6.97. The fourth-order valence-corrected chi connectivity index (χ4v) is 3.61. The lowest BCUT2D eigenvalue weighted by Gasteiger charge is -2.36. The van der Waals surface area contributed by atoms with Crippen molar-refractivity contribution < 1.29 is 9.47 Å². The molecule has 0 saturated carbocycles. The standard InChI is InChI=1S/C17H15BrClNO2/c18-10-1-4-12(5-2-10)20-16-13-7-8-21-17(13)22-15-6-3-11(19)9-14(15)16/h1-6,9,13,16-17,20H,7-8H2/t13-,16+,17+/m1/s1. The van der Waals surface area contributed by atoms with Crippen LogP contribution in [0.5, 0.6) is 5.75 Å². The molecule has 2 heterocycles. The average Bonchev–Trinajstić information content (AvgIpc) is 2.98. The van der Waals surface area contributed by atoms with Crippen LogP contribution >= 0.6 is 27.5 Å². The average molecular weight is 381 g/mol. The van der Waals surface area contributed by atoms with Crippen molar-refractivity contribution in [3.05, 3.63) is 57.5 Å². The first-order chi connectivity index (χ1) is 10.7. The Kier molecular flexibility index (Phi) is 3.76. The predicted octanol–water partition coefficient (Wildman–Crippen LogP) is 5.01. The summed E-state index contributed by atoms with van der Waals surface area (Å²) in [6.07, 6.45) is 0.798. The van der Waals surface area contributed by atoms with E-state index < -0.39 is 0 Å². The summed E-state index contributed by atoms with van der Waals surface area (Å²) in [5.41, 5.74) is 2.17. The molecule has 2 aromatic carbocycles. The number of hydrogen-bond acceptors (Lipinski definition) is 3. The lowest BCUT2D eigenvalue weighted by atomic mass is 9.88. The molecule has 22 heavy (non-hydrogen) atoms. The zero-order valence-corrected chi connectivity index (χ0v) is 14.1. The number of hydrogen-bond donors (Lipinski definition) is 1. The van der Waals surface area contributed by atoms with Gasteiger partial charge in [0.15, 0.2) is 0 Å². The van der Waals surface area contributed by atoms with Crippen LogP contribution in [0.3, 0.4) is 0 Å². The number of fused-ring (bicyclic) bond motifs is 2. The molecule has 2 aliphatic heterocycles. The molecule has 0 aliphatic carbocycles. The summed E-state index contributed by atoms with van der Waals surface area (Å²) in [5, 5.41) is 4.35. The first-order valence-electron chi connectivity index (χ1n) is 7.30. The van der Waals surface area contributed by atoms with Gasteiger partial charge in [0, 0.05) is 26.7 Å². The van der Waals surface area contributed by atoms with Gasteiger partial charge in [0.1, 0.15) is 5.75 Å². The fourth-order valence-electron chi connectivity index (χ4n) is 3.16. The van der Waals surface area contributed by atoms with Gasteiger partial charge in [-0.3, -0.25) is 0 Å². The van der Waals surface area contributed by atoms with Crippen LogP contribution in [0.15, 0.2) is 46.9 Å². The molecule has 0 bridgehead atoms. The van der Waals surface area contributed by atoms with Crippen molar-refractivity contribution in [3.63, 3.8) is 0 Å². The van der Waals surface area contributed by atoms with E-state index in [1.807, 2.05) is 30.3 Å². The van der Waals surface area contributed by atoms with E-state index in [1.54, 1.807) is 0 Å². The normalized spacial score (nSPS) is 26.0. The smallest absolute Gasteiger partial charge is 0.205 e. The SMILES string of the molecule is Clc1ccc2c(c1)[C@@H](Nc1ccc(Br)cc1)[C@H]1CCO[C@H]1O2. The Hall–Kier alpha value is -1.23. The highest BCUT2D eigenvalue weighted by Crippen LogP contribution is 2.45. The lowest BCUT2D eigenvalue weighted by molar-refractivity contribution is -0.0747. The van der Waals surface area contributed by atoms with Gasteiger partial charge in [-0.15, -0.1) is 0 Å². The minimum Gasteiger partial charge on any atom is -0.464 e. The number of ether oxygens (including phenoxy) is 2. The fraction of sp³-hybridized carbons (Fsp3) is 0.294. The quantitative estimate of drug-likeness (QED) is 0.794. The Morgan fingerprint density at radius 2 is 1.95 bits per heavy atom. The van der Waals surface area contributed by atoms with Crippen LogP contribution in [-0.4, -0.2) is 12.9 Å². The zero-order chi connectivity index (χ0) is 15.1. The summed E-state index contributed by atoms with van der Waals surface area (Å²) in [7, 11) is 0. The van der Waals surface area contributed by atoms with Crippen molar-refractivity contribution in [2.75, 3.05) is 11.9 Å². The van der Waals surface area contributed by atoms with Crippen molar-refractivity contribution >= 4 is 33.2 Å². The third kappa shape index (κ3) is 2.60. The van der Waals surface area contributed by atoms with Crippen molar-refractivity contribution in [2.45, 2.75) is 18.8 Å². The van der Waals surface area contributed by atoms with Gasteiger partial charge in [-0.2, -0.15) is 0 Å². The van der Waals surface area contributed by atoms with Crippen LogP contribution in [0.2, 0.25) is 5.02 Å². The molecule has 2 aromatic rings. The summed E-state index contributed by atoms with van der Waals surface area (Å²) in [4.78, 5) is 0. The molecule has 0 aromatic heterocycles. The maximum absolute atomic E-state index is 6.19. The van der Waals surface area contributed by atoms with Gasteiger partial charge in [-0.25, -0.2) is 0 Å². The highest BCUT2D eigenvalue weighted by atomic mass is 79.9. The van der Waals surface area contributed by atoms with Gasteiger partial charge in [0.25, 0.3) is 0 Å².